The molecule has 0 saturated carbocycles. The molecule has 0 bridgehead atoms. The first-order valence-electron chi connectivity index (χ1n) is 6.48. The Kier molecular flexibility index (Phi) is 3.79. The van der Waals surface area contributed by atoms with Gasteiger partial charge in [0.2, 0.25) is 0 Å². The van der Waals surface area contributed by atoms with E-state index in [1.165, 1.54) is 0 Å². The van der Waals surface area contributed by atoms with Crippen molar-refractivity contribution >= 4 is 16.9 Å². The molecule has 1 aromatic heterocycles. The van der Waals surface area contributed by atoms with Crippen molar-refractivity contribution < 1.29 is 14.6 Å². The Bertz CT molecular complexity index is 613. The van der Waals surface area contributed by atoms with Gasteiger partial charge in [0.1, 0.15) is 5.75 Å². The molecule has 0 aliphatic rings. The number of carbonyl (C=O) groups is 1. The minimum Gasteiger partial charge on any atom is -0.545 e. The van der Waals surface area contributed by atoms with Gasteiger partial charge in [-0.05, 0) is 31.5 Å². The van der Waals surface area contributed by atoms with E-state index in [1.54, 1.807) is 13.2 Å². The van der Waals surface area contributed by atoms with Crippen LogP contribution in [0.1, 0.15) is 35.8 Å². The molecule has 2 rings (SSSR count). The van der Waals surface area contributed by atoms with Crippen molar-refractivity contribution in [3.63, 3.8) is 0 Å². The maximum atomic E-state index is 11.4. The van der Waals surface area contributed by atoms with Crippen molar-refractivity contribution in [3.05, 3.63) is 29.5 Å². The monoisotopic (exact) mass is 260 g/mol. The van der Waals surface area contributed by atoms with Gasteiger partial charge in [-0.25, -0.2) is 0 Å². The summed E-state index contributed by atoms with van der Waals surface area (Å²) in [6, 6.07) is 5.52. The quantitative estimate of drug-likeness (QED) is 0.827. The number of carbonyl (C=O) groups excluding carboxylic acids is 1. The molecule has 0 amide bonds. The summed E-state index contributed by atoms with van der Waals surface area (Å²) in [5.41, 5.74) is 1.94. The molecular formula is C15H18NO3-. The highest BCUT2D eigenvalue weighted by molar-refractivity contribution is 6.04. The molecule has 2 aromatic rings. The first-order valence-corrected chi connectivity index (χ1v) is 6.48. The van der Waals surface area contributed by atoms with E-state index in [1.807, 2.05) is 23.6 Å². The molecule has 0 spiro atoms. The Morgan fingerprint density at radius 2 is 2.16 bits per heavy atom. The first-order chi connectivity index (χ1) is 9.10. The molecule has 0 fully saturated rings. The number of benzene rings is 1. The average molecular weight is 260 g/mol. The fraction of sp³-hybridized carbons (Fsp3) is 0.400. The molecule has 0 unspecified atom stereocenters. The number of methoxy groups -OCH3 is 1. The lowest BCUT2D eigenvalue weighted by Crippen LogP contribution is -2.23. The zero-order valence-electron chi connectivity index (χ0n) is 11.5. The maximum absolute atomic E-state index is 11.4. The van der Waals surface area contributed by atoms with Crippen LogP contribution in [0, 0.1) is 6.92 Å². The smallest absolute Gasteiger partial charge is 0.119 e. The van der Waals surface area contributed by atoms with E-state index in [9.17, 15) is 9.90 Å². The second-order valence-corrected chi connectivity index (χ2v) is 4.64. The predicted octanol–water partition coefficient (Wildman–Crippen LogP) is 2.12. The number of rotatable bonds is 5. The number of nitrogens with zero attached hydrogens (tertiary/aromatic N) is 1. The lowest BCUT2D eigenvalue weighted by molar-refractivity contribution is -0.254. The number of carboxylic acids is 1. The molecular weight excluding hydrogens is 242 g/mol. The lowest BCUT2D eigenvalue weighted by Gasteiger charge is -2.08. The fourth-order valence-electron chi connectivity index (χ4n) is 2.45. The fourth-order valence-corrected chi connectivity index (χ4v) is 2.45. The predicted molar refractivity (Wildman–Crippen MR) is 72.5 cm³/mol. The molecule has 4 heteroatoms. The van der Waals surface area contributed by atoms with Crippen molar-refractivity contribution in [2.45, 2.75) is 33.2 Å². The summed E-state index contributed by atoms with van der Waals surface area (Å²) < 4.78 is 7.21. The number of unbranched alkanes of at least 4 members (excludes halogenated alkanes) is 1. The van der Waals surface area contributed by atoms with Gasteiger partial charge in [0.15, 0.2) is 0 Å². The molecule has 0 aliphatic carbocycles. The molecule has 0 aliphatic heterocycles. The van der Waals surface area contributed by atoms with E-state index >= 15 is 0 Å². The SMILES string of the molecule is CCCCn1c(C)c(C(=O)[O-])c2cc(OC)ccc21. The summed E-state index contributed by atoms with van der Waals surface area (Å²) >= 11 is 0. The van der Waals surface area contributed by atoms with Gasteiger partial charge >= 0.3 is 0 Å². The van der Waals surface area contributed by atoms with E-state index in [0.717, 1.165) is 30.6 Å². The summed E-state index contributed by atoms with van der Waals surface area (Å²) in [5.74, 6) is -0.478. The summed E-state index contributed by atoms with van der Waals surface area (Å²) in [6.07, 6.45) is 2.08. The summed E-state index contributed by atoms with van der Waals surface area (Å²) in [4.78, 5) is 11.4. The Hall–Kier alpha value is -1.97. The molecule has 102 valence electrons. The van der Waals surface area contributed by atoms with Gasteiger partial charge in [-0.3, -0.25) is 0 Å². The normalized spacial score (nSPS) is 10.9. The average Bonchev–Trinajstić information content (AvgIpc) is 2.67. The number of aromatic carboxylic acids is 1. The number of ether oxygens (including phenoxy) is 1. The molecule has 19 heavy (non-hydrogen) atoms. The van der Waals surface area contributed by atoms with E-state index < -0.39 is 5.97 Å². The number of hydrogen-bond donors (Lipinski definition) is 0. The third kappa shape index (κ3) is 2.30. The molecule has 0 N–H and O–H groups in total. The van der Waals surface area contributed by atoms with E-state index in [-0.39, 0.29) is 5.56 Å². The molecule has 0 saturated heterocycles. The summed E-state index contributed by atoms with van der Waals surface area (Å²) in [6.45, 7) is 4.76. The maximum Gasteiger partial charge on any atom is 0.119 e. The Labute approximate surface area is 112 Å². The molecule has 1 heterocycles. The zero-order chi connectivity index (χ0) is 14.0. The lowest BCUT2D eigenvalue weighted by atomic mass is 10.1. The van der Waals surface area contributed by atoms with Gasteiger partial charge in [-0.1, -0.05) is 13.3 Å². The number of aryl methyl sites for hydroxylation is 1. The minimum absolute atomic E-state index is 0.269. The van der Waals surface area contributed by atoms with Gasteiger partial charge in [-0.15, -0.1) is 0 Å². The molecule has 0 radical (unpaired) electrons. The van der Waals surface area contributed by atoms with Crippen LogP contribution in [0.15, 0.2) is 18.2 Å². The van der Waals surface area contributed by atoms with Crippen molar-refractivity contribution in [2.75, 3.05) is 7.11 Å². The van der Waals surface area contributed by atoms with Gasteiger partial charge in [-0.2, -0.15) is 0 Å². The number of hydrogen-bond acceptors (Lipinski definition) is 3. The van der Waals surface area contributed by atoms with Crippen LogP contribution in [0.5, 0.6) is 5.75 Å². The van der Waals surface area contributed by atoms with Crippen molar-refractivity contribution in [2.24, 2.45) is 0 Å². The van der Waals surface area contributed by atoms with Crippen LogP contribution < -0.4 is 9.84 Å². The number of fused-ring (bicyclic) bond motifs is 1. The van der Waals surface area contributed by atoms with Crippen LogP contribution in [-0.2, 0) is 6.54 Å². The Morgan fingerprint density at radius 1 is 1.42 bits per heavy atom. The van der Waals surface area contributed by atoms with E-state index in [0.29, 0.717) is 11.1 Å². The van der Waals surface area contributed by atoms with Gasteiger partial charge in [0.05, 0.1) is 13.1 Å². The van der Waals surface area contributed by atoms with Crippen molar-refractivity contribution in [1.29, 1.82) is 0 Å². The second-order valence-electron chi connectivity index (χ2n) is 4.64. The zero-order valence-corrected chi connectivity index (χ0v) is 11.5. The summed E-state index contributed by atoms with van der Waals surface area (Å²) in [7, 11) is 1.57. The topological polar surface area (TPSA) is 54.3 Å². The second kappa shape index (κ2) is 5.34. The van der Waals surface area contributed by atoms with Gasteiger partial charge < -0.3 is 19.2 Å². The van der Waals surface area contributed by atoms with Gasteiger partial charge in [0, 0.05) is 28.7 Å². The molecule has 0 atom stereocenters. The number of carboxylic acid groups (broad SMARTS) is 1. The van der Waals surface area contributed by atoms with Crippen LogP contribution >= 0.6 is 0 Å². The standard InChI is InChI=1S/C15H19NO3/c1-4-5-8-16-10(2)14(15(17)18)12-9-11(19-3)6-7-13(12)16/h6-7,9H,4-5,8H2,1-3H3,(H,17,18)/p-1. The summed E-state index contributed by atoms with van der Waals surface area (Å²) in [5, 5.41) is 12.0. The van der Waals surface area contributed by atoms with Crippen LogP contribution in [0.3, 0.4) is 0 Å². The number of aromatic nitrogens is 1. The minimum atomic E-state index is -1.13. The van der Waals surface area contributed by atoms with E-state index in [4.69, 9.17) is 4.74 Å². The van der Waals surface area contributed by atoms with Crippen molar-refractivity contribution in [3.8, 4) is 5.75 Å². The van der Waals surface area contributed by atoms with Crippen molar-refractivity contribution in [1.82, 2.24) is 4.57 Å². The molecule has 1 aromatic carbocycles. The highest BCUT2D eigenvalue weighted by Crippen LogP contribution is 2.29. The van der Waals surface area contributed by atoms with Crippen LogP contribution in [0.4, 0.5) is 0 Å². The first kappa shape index (κ1) is 13.5. The van der Waals surface area contributed by atoms with Crippen LogP contribution in [-0.4, -0.2) is 17.6 Å². The third-order valence-corrected chi connectivity index (χ3v) is 3.47. The third-order valence-electron chi connectivity index (χ3n) is 3.47. The van der Waals surface area contributed by atoms with Crippen LogP contribution in [0.25, 0.3) is 10.9 Å². The highest BCUT2D eigenvalue weighted by Gasteiger charge is 2.15. The molecule has 4 nitrogen and oxygen atoms in total. The Morgan fingerprint density at radius 3 is 2.74 bits per heavy atom. The highest BCUT2D eigenvalue weighted by atomic mass is 16.5. The van der Waals surface area contributed by atoms with Gasteiger partial charge in [0.25, 0.3) is 0 Å². The Balaban J connectivity index is 2.68. The van der Waals surface area contributed by atoms with E-state index in [2.05, 4.69) is 6.92 Å². The van der Waals surface area contributed by atoms with Crippen LogP contribution in [0.2, 0.25) is 0 Å². The largest absolute Gasteiger partial charge is 0.545 e.